The third kappa shape index (κ3) is 4.05. The highest BCUT2D eigenvalue weighted by Crippen LogP contribution is 2.23. The van der Waals surface area contributed by atoms with E-state index >= 15 is 0 Å². The van der Waals surface area contributed by atoms with E-state index < -0.39 is 5.79 Å². The average Bonchev–Trinajstić information content (AvgIpc) is 2.55. The van der Waals surface area contributed by atoms with Crippen LogP contribution in [-0.4, -0.2) is 37.8 Å². The molecule has 4 N–H and O–H groups in total. The summed E-state index contributed by atoms with van der Waals surface area (Å²) in [6.45, 7) is 3.29. The molecule has 0 aliphatic carbocycles. The summed E-state index contributed by atoms with van der Waals surface area (Å²) in [5, 5.41) is 7.41. The van der Waals surface area contributed by atoms with Crippen LogP contribution in [0.5, 0.6) is 0 Å². The molecule has 3 rings (SSSR count). The maximum Gasteiger partial charge on any atom is 0.210 e. The predicted molar refractivity (Wildman–Crippen MR) is 95.3 cm³/mol. The summed E-state index contributed by atoms with van der Waals surface area (Å²) < 4.78 is 0. The monoisotopic (exact) mass is 333 g/mol. The molecular weight excluding hydrogens is 310 g/mol. The number of aliphatic imine (C=N–C) groups is 1. The minimum absolute atomic E-state index is 0.653. The molecule has 1 fully saturated rings. The topological polar surface area (TPSA) is 65.7 Å². The Morgan fingerprint density at radius 2 is 2.22 bits per heavy atom. The normalized spacial score (nSPS) is 25.8. The maximum absolute atomic E-state index is 6.41. The van der Waals surface area contributed by atoms with Gasteiger partial charge in [0.15, 0.2) is 0 Å². The molecule has 23 heavy (non-hydrogen) atoms. The zero-order valence-corrected chi connectivity index (χ0v) is 14.2. The molecule has 5 nitrogen and oxygen atoms in total. The molecule has 1 unspecified atom stereocenters. The summed E-state index contributed by atoms with van der Waals surface area (Å²) in [6.07, 6.45) is 6.12. The van der Waals surface area contributed by atoms with E-state index in [9.17, 15) is 0 Å². The smallest absolute Gasteiger partial charge is 0.210 e. The fourth-order valence-corrected chi connectivity index (χ4v) is 3.19. The van der Waals surface area contributed by atoms with Gasteiger partial charge in [0.2, 0.25) is 5.79 Å². The zero-order valence-electron chi connectivity index (χ0n) is 13.4. The SMILES string of the molecule is CN1CCC(CNC2=CC=NC(N)(c3cccc(Cl)c3)N2)CC1. The molecule has 2 aliphatic rings. The first-order valence-electron chi connectivity index (χ1n) is 8.06. The quantitative estimate of drug-likeness (QED) is 0.787. The Kier molecular flexibility index (Phi) is 4.90. The third-order valence-corrected chi connectivity index (χ3v) is 4.76. The predicted octanol–water partition coefficient (Wildman–Crippen LogP) is 1.86. The van der Waals surface area contributed by atoms with E-state index in [1.54, 1.807) is 6.21 Å². The van der Waals surface area contributed by atoms with E-state index in [2.05, 4.69) is 27.6 Å². The van der Waals surface area contributed by atoms with Gasteiger partial charge in [0, 0.05) is 23.3 Å². The molecule has 2 heterocycles. The van der Waals surface area contributed by atoms with Gasteiger partial charge in [-0.3, -0.25) is 5.73 Å². The number of halogens is 1. The van der Waals surface area contributed by atoms with Crippen LogP contribution in [0.25, 0.3) is 0 Å². The van der Waals surface area contributed by atoms with Crippen LogP contribution in [0.3, 0.4) is 0 Å². The van der Waals surface area contributed by atoms with Crippen molar-refractivity contribution in [1.82, 2.24) is 15.5 Å². The molecule has 0 saturated carbocycles. The van der Waals surface area contributed by atoms with Crippen molar-refractivity contribution < 1.29 is 0 Å². The highest BCUT2D eigenvalue weighted by molar-refractivity contribution is 6.30. The number of benzene rings is 1. The second kappa shape index (κ2) is 6.91. The minimum Gasteiger partial charge on any atom is -0.371 e. The van der Waals surface area contributed by atoms with E-state index in [4.69, 9.17) is 17.3 Å². The summed E-state index contributed by atoms with van der Waals surface area (Å²) in [5.74, 6) is 0.627. The van der Waals surface area contributed by atoms with Gasteiger partial charge >= 0.3 is 0 Å². The molecule has 0 radical (unpaired) electrons. The fraction of sp³-hybridized carbons (Fsp3) is 0.471. The van der Waals surface area contributed by atoms with Gasteiger partial charge in [-0.25, -0.2) is 4.99 Å². The van der Waals surface area contributed by atoms with Crippen LogP contribution in [0.2, 0.25) is 5.02 Å². The van der Waals surface area contributed by atoms with Gasteiger partial charge in [0.05, 0.1) is 0 Å². The molecule has 0 amide bonds. The highest BCUT2D eigenvalue weighted by Gasteiger charge is 2.29. The minimum atomic E-state index is -0.977. The lowest BCUT2D eigenvalue weighted by molar-refractivity contribution is 0.217. The summed E-state index contributed by atoms with van der Waals surface area (Å²) in [5.41, 5.74) is 7.25. The second-order valence-corrected chi connectivity index (χ2v) is 6.82. The van der Waals surface area contributed by atoms with Crippen LogP contribution < -0.4 is 16.4 Å². The Bertz CT molecular complexity index is 607. The van der Waals surface area contributed by atoms with Crippen molar-refractivity contribution in [2.24, 2.45) is 16.6 Å². The largest absolute Gasteiger partial charge is 0.371 e. The number of nitrogens with two attached hydrogens (primary N) is 1. The third-order valence-electron chi connectivity index (χ3n) is 4.53. The van der Waals surface area contributed by atoms with E-state index in [-0.39, 0.29) is 0 Å². The van der Waals surface area contributed by atoms with Crippen LogP contribution in [0.15, 0.2) is 41.2 Å². The van der Waals surface area contributed by atoms with Crippen molar-refractivity contribution in [2.45, 2.75) is 18.6 Å². The van der Waals surface area contributed by atoms with E-state index in [0.717, 1.165) is 17.9 Å². The van der Waals surface area contributed by atoms with Crippen LogP contribution in [-0.2, 0) is 5.79 Å². The van der Waals surface area contributed by atoms with Gasteiger partial charge in [-0.1, -0.05) is 23.7 Å². The van der Waals surface area contributed by atoms with Crippen molar-refractivity contribution in [1.29, 1.82) is 0 Å². The van der Waals surface area contributed by atoms with Crippen LogP contribution in [0.4, 0.5) is 0 Å². The van der Waals surface area contributed by atoms with Crippen molar-refractivity contribution in [3.63, 3.8) is 0 Å². The van der Waals surface area contributed by atoms with Crippen molar-refractivity contribution in [3.8, 4) is 0 Å². The number of nitrogens with zero attached hydrogens (tertiary/aromatic N) is 2. The molecule has 1 aromatic rings. The first-order chi connectivity index (χ1) is 11.0. The lowest BCUT2D eigenvalue weighted by Gasteiger charge is -2.33. The lowest BCUT2D eigenvalue weighted by Crippen LogP contribution is -2.52. The first-order valence-corrected chi connectivity index (χ1v) is 8.44. The Morgan fingerprint density at radius 1 is 1.43 bits per heavy atom. The van der Waals surface area contributed by atoms with Crippen molar-refractivity contribution in [2.75, 3.05) is 26.7 Å². The van der Waals surface area contributed by atoms with Gasteiger partial charge in [-0.05, 0) is 57.1 Å². The van der Waals surface area contributed by atoms with Gasteiger partial charge in [-0.15, -0.1) is 0 Å². The van der Waals surface area contributed by atoms with Gasteiger partial charge in [-0.2, -0.15) is 0 Å². The molecular formula is C17H24ClN5. The van der Waals surface area contributed by atoms with Gasteiger partial charge in [0.25, 0.3) is 0 Å². The molecule has 0 bridgehead atoms. The summed E-state index contributed by atoms with van der Waals surface area (Å²) in [6, 6.07) is 7.48. The lowest BCUT2D eigenvalue weighted by atomic mass is 9.97. The molecule has 2 aliphatic heterocycles. The Morgan fingerprint density at radius 3 is 2.96 bits per heavy atom. The molecule has 1 aromatic carbocycles. The zero-order chi connectivity index (χ0) is 16.3. The number of hydrogen-bond donors (Lipinski definition) is 3. The molecule has 0 spiro atoms. The number of nitrogens with one attached hydrogen (secondary N) is 2. The number of hydrogen-bond acceptors (Lipinski definition) is 5. The first kappa shape index (κ1) is 16.3. The molecule has 0 aromatic heterocycles. The molecule has 1 atom stereocenters. The Hall–Kier alpha value is -1.56. The Balaban J connectivity index is 1.60. The summed E-state index contributed by atoms with van der Waals surface area (Å²) in [4.78, 5) is 6.77. The fourth-order valence-electron chi connectivity index (χ4n) is 3.00. The number of likely N-dealkylation sites (tertiary alicyclic amines) is 1. The van der Waals surface area contributed by atoms with Crippen LogP contribution in [0, 0.1) is 5.92 Å². The summed E-state index contributed by atoms with van der Waals surface area (Å²) >= 11 is 6.07. The number of rotatable bonds is 4. The summed E-state index contributed by atoms with van der Waals surface area (Å²) in [7, 11) is 2.18. The molecule has 1 saturated heterocycles. The maximum atomic E-state index is 6.41. The van der Waals surface area contributed by atoms with E-state index in [1.807, 2.05) is 30.3 Å². The molecule has 6 heteroatoms. The van der Waals surface area contributed by atoms with Gasteiger partial charge in [0.1, 0.15) is 5.82 Å². The number of piperidine rings is 1. The molecule has 124 valence electrons. The Labute approximate surface area is 142 Å². The van der Waals surface area contributed by atoms with Gasteiger partial charge < -0.3 is 15.5 Å². The van der Waals surface area contributed by atoms with E-state index in [0.29, 0.717) is 10.9 Å². The van der Waals surface area contributed by atoms with Crippen LogP contribution >= 0.6 is 11.6 Å². The van der Waals surface area contributed by atoms with Crippen molar-refractivity contribution >= 4 is 17.8 Å². The highest BCUT2D eigenvalue weighted by atomic mass is 35.5. The van der Waals surface area contributed by atoms with Crippen LogP contribution in [0.1, 0.15) is 18.4 Å². The number of allylic oxidation sites excluding steroid dienone is 1. The van der Waals surface area contributed by atoms with Crippen molar-refractivity contribution in [3.05, 3.63) is 46.7 Å². The standard InChI is InChI=1S/C17H24ClN5/c1-23-9-6-13(7-10-23)12-20-16-5-8-21-17(19,22-16)14-3-2-4-15(18)11-14/h2-5,8,11,13,20,22H,6-7,9-10,12,19H2,1H3. The average molecular weight is 334 g/mol. The van der Waals surface area contributed by atoms with E-state index in [1.165, 1.54) is 25.9 Å². The second-order valence-electron chi connectivity index (χ2n) is 6.39.